The average molecular weight is 319 g/mol. The Labute approximate surface area is 139 Å². The highest BCUT2D eigenvalue weighted by atomic mass is 16.2. The largest absolute Gasteiger partial charge is 0.354 e. The van der Waals surface area contributed by atoms with E-state index in [4.69, 9.17) is 5.73 Å². The Morgan fingerprint density at radius 3 is 2.39 bits per heavy atom. The molecule has 128 valence electrons. The first-order chi connectivity index (χ1) is 10.8. The number of primary amides is 1. The molecule has 0 heterocycles. The highest BCUT2D eigenvalue weighted by Crippen LogP contribution is 2.18. The third-order valence-electron chi connectivity index (χ3n) is 3.73. The van der Waals surface area contributed by atoms with E-state index in [0.717, 1.165) is 24.0 Å². The van der Waals surface area contributed by atoms with Gasteiger partial charge in [-0.15, -0.1) is 0 Å². The number of nitrogens with one attached hydrogen (secondary N) is 2. The topological polar surface area (TPSA) is 84.2 Å². The molecule has 0 unspecified atom stereocenters. The SMILES string of the molecule is Cc1cccc([C@@H](CC(=O)N[C@H](C)CCC(C)C)NC(N)=O)c1. The van der Waals surface area contributed by atoms with Crippen LogP contribution in [0.25, 0.3) is 0 Å². The maximum Gasteiger partial charge on any atom is 0.312 e. The highest BCUT2D eigenvalue weighted by molar-refractivity contribution is 5.79. The molecule has 5 heteroatoms. The van der Waals surface area contributed by atoms with Crippen LogP contribution >= 0.6 is 0 Å². The Bertz CT molecular complexity index is 529. The van der Waals surface area contributed by atoms with E-state index < -0.39 is 12.1 Å². The predicted octanol–water partition coefficient (Wildman–Crippen LogP) is 3.04. The molecule has 4 N–H and O–H groups in total. The van der Waals surface area contributed by atoms with E-state index in [1.165, 1.54) is 0 Å². The van der Waals surface area contributed by atoms with Crippen LogP contribution < -0.4 is 16.4 Å². The normalized spacial score (nSPS) is 13.4. The van der Waals surface area contributed by atoms with Crippen molar-refractivity contribution in [3.8, 4) is 0 Å². The molecule has 0 bridgehead atoms. The first-order valence-corrected chi connectivity index (χ1v) is 8.19. The lowest BCUT2D eigenvalue weighted by atomic mass is 10.0. The summed E-state index contributed by atoms with van der Waals surface area (Å²) in [6.07, 6.45) is 2.20. The van der Waals surface area contributed by atoms with Crippen LogP contribution in [0.4, 0.5) is 4.79 Å². The Hall–Kier alpha value is -2.04. The van der Waals surface area contributed by atoms with Gasteiger partial charge in [-0.2, -0.15) is 0 Å². The Morgan fingerprint density at radius 2 is 1.83 bits per heavy atom. The van der Waals surface area contributed by atoms with Crippen LogP contribution in [0.3, 0.4) is 0 Å². The van der Waals surface area contributed by atoms with Gasteiger partial charge in [0.25, 0.3) is 0 Å². The van der Waals surface area contributed by atoms with Gasteiger partial charge in [-0.1, -0.05) is 43.7 Å². The van der Waals surface area contributed by atoms with Crippen molar-refractivity contribution in [3.63, 3.8) is 0 Å². The molecule has 0 aliphatic carbocycles. The minimum absolute atomic E-state index is 0.0819. The van der Waals surface area contributed by atoms with Crippen molar-refractivity contribution in [1.29, 1.82) is 0 Å². The number of aryl methyl sites for hydroxylation is 1. The molecule has 1 rings (SSSR count). The molecular formula is C18H29N3O2. The van der Waals surface area contributed by atoms with Crippen LogP contribution in [0.1, 0.15) is 57.2 Å². The maximum atomic E-state index is 12.2. The number of rotatable bonds is 8. The second kappa shape index (κ2) is 9.18. The molecule has 23 heavy (non-hydrogen) atoms. The number of nitrogens with two attached hydrogens (primary N) is 1. The molecule has 0 saturated carbocycles. The van der Waals surface area contributed by atoms with E-state index in [1.807, 2.05) is 38.1 Å². The number of carbonyl (C=O) groups is 2. The molecule has 3 amide bonds. The average Bonchev–Trinajstić information content (AvgIpc) is 2.44. The Kier molecular flexibility index (Phi) is 7.59. The second-order valence-electron chi connectivity index (χ2n) is 6.62. The van der Waals surface area contributed by atoms with E-state index in [1.54, 1.807) is 0 Å². The number of hydrogen-bond donors (Lipinski definition) is 3. The summed E-state index contributed by atoms with van der Waals surface area (Å²) >= 11 is 0. The van der Waals surface area contributed by atoms with Crippen molar-refractivity contribution in [1.82, 2.24) is 10.6 Å². The van der Waals surface area contributed by atoms with Crippen molar-refractivity contribution < 1.29 is 9.59 Å². The third kappa shape index (κ3) is 7.68. The fourth-order valence-electron chi connectivity index (χ4n) is 2.49. The minimum atomic E-state index is -0.628. The van der Waals surface area contributed by atoms with Crippen molar-refractivity contribution in [2.45, 2.75) is 59.0 Å². The van der Waals surface area contributed by atoms with Gasteiger partial charge in [0.2, 0.25) is 5.91 Å². The summed E-state index contributed by atoms with van der Waals surface area (Å²) in [5.74, 6) is 0.535. The van der Waals surface area contributed by atoms with Crippen LogP contribution in [0.5, 0.6) is 0 Å². The first kappa shape index (κ1) is 19.0. The second-order valence-corrected chi connectivity index (χ2v) is 6.62. The van der Waals surface area contributed by atoms with E-state index in [2.05, 4.69) is 24.5 Å². The van der Waals surface area contributed by atoms with Crippen LogP contribution in [0.15, 0.2) is 24.3 Å². The van der Waals surface area contributed by atoms with Crippen LogP contribution in [0.2, 0.25) is 0 Å². The summed E-state index contributed by atoms with van der Waals surface area (Å²) in [5, 5.41) is 5.65. The van der Waals surface area contributed by atoms with Crippen LogP contribution in [-0.2, 0) is 4.79 Å². The lowest BCUT2D eigenvalue weighted by Crippen LogP contribution is -2.39. The van der Waals surface area contributed by atoms with Crippen LogP contribution in [0, 0.1) is 12.8 Å². The fourth-order valence-corrected chi connectivity index (χ4v) is 2.49. The molecule has 2 atom stereocenters. The van der Waals surface area contributed by atoms with E-state index in [9.17, 15) is 9.59 Å². The lowest BCUT2D eigenvalue weighted by molar-refractivity contribution is -0.122. The van der Waals surface area contributed by atoms with Gasteiger partial charge in [-0.05, 0) is 38.2 Å². The zero-order chi connectivity index (χ0) is 17.4. The number of amides is 3. The standard InChI is InChI=1S/C18H29N3O2/c1-12(2)8-9-14(4)20-17(22)11-16(21-18(19)23)15-7-5-6-13(3)10-15/h5-7,10,12,14,16H,8-9,11H2,1-4H3,(H,20,22)(H3,19,21,23)/t14-,16-/m1/s1. The van der Waals surface area contributed by atoms with Gasteiger partial charge in [0.1, 0.15) is 0 Å². The number of hydrogen-bond acceptors (Lipinski definition) is 2. The summed E-state index contributed by atoms with van der Waals surface area (Å²) in [4.78, 5) is 23.5. The predicted molar refractivity (Wildman–Crippen MR) is 92.9 cm³/mol. The molecular weight excluding hydrogens is 290 g/mol. The highest BCUT2D eigenvalue weighted by Gasteiger charge is 2.18. The minimum Gasteiger partial charge on any atom is -0.354 e. The molecule has 0 aromatic heterocycles. The summed E-state index contributed by atoms with van der Waals surface area (Å²) in [6, 6.07) is 6.81. The third-order valence-corrected chi connectivity index (χ3v) is 3.73. The monoisotopic (exact) mass is 319 g/mol. The van der Waals surface area contributed by atoms with Crippen molar-refractivity contribution >= 4 is 11.9 Å². The zero-order valence-corrected chi connectivity index (χ0v) is 14.6. The van der Waals surface area contributed by atoms with Gasteiger partial charge in [-0.3, -0.25) is 4.79 Å². The molecule has 0 radical (unpaired) electrons. The smallest absolute Gasteiger partial charge is 0.312 e. The summed E-state index contributed by atoms with van der Waals surface area (Å²) < 4.78 is 0. The fraction of sp³-hybridized carbons (Fsp3) is 0.556. The van der Waals surface area contributed by atoms with Gasteiger partial charge in [-0.25, -0.2) is 4.79 Å². The van der Waals surface area contributed by atoms with Gasteiger partial charge in [0, 0.05) is 6.04 Å². The van der Waals surface area contributed by atoms with E-state index in [0.29, 0.717) is 5.92 Å². The summed E-state index contributed by atoms with van der Waals surface area (Å²) in [6.45, 7) is 8.31. The van der Waals surface area contributed by atoms with Gasteiger partial charge in [0.15, 0.2) is 0 Å². The molecule has 1 aromatic carbocycles. The van der Waals surface area contributed by atoms with E-state index in [-0.39, 0.29) is 18.4 Å². The molecule has 0 aliphatic rings. The Balaban J connectivity index is 2.66. The van der Waals surface area contributed by atoms with Crippen molar-refractivity contribution in [3.05, 3.63) is 35.4 Å². The molecule has 0 saturated heterocycles. The molecule has 0 fully saturated rings. The van der Waals surface area contributed by atoms with Crippen LogP contribution in [-0.4, -0.2) is 18.0 Å². The molecule has 0 spiro atoms. The first-order valence-electron chi connectivity index (χ1n) is 8.19. The zero-order valence-electron chi connectivity index (χ0n) is 14.6. The Morgan fingerprint density at radius 1 is 1.13 bits per heavy atom. The van der Waals surface area contributed by atoms with Gasteiger partial charge in [0.05, 0.1) is 12.5 Å². The molecule has 5 nitrogen and oxygen atoms in total. The quantitative estimate of drug-likeness (QED) is 0.688. The van der Waals surface area contributed by atoms with Crippen molar-refractivity contribution in [2.75, 3.05) is 0 Å². The van der Waals surface area contributed by atoms with Gasteiger partial charge < -0.3 is 16.4 Å². The summed E-state index contributed by atoms with van der Waals surface area (Å²) in [7, 11) is 0. The number of urea groups is 1. The lowest BCUT2D eigenvalue weighted by Gasteiger charge is -2.20. The summed E-state index contributed by atoms with van der Waals surface area (Å²) in [5.41, 5.74) is 7.20. The van der Waals surface area contributed by atoms with Gasteiger partial charge >= 0.3 is 6.03 Å². The molecule has 0 aliphatic heterocycles. The molecule has 1 aromatic rings. The number of benzene rings is 1. The van der Waals surface area contributed by atoms with Crippen molar-refractivity contribution in [2.24, 2.45) is 11.7 Å². The van der Waals surface area contributed by atoms with E-state index >= 15 is 0 Å². The maximum absolute atomic E-state index is 12.2. The number of carbonyl (C=O) groups excluding carboxylic acids is 2.